The number of hydrogen-bond donors (Lipinski definition) is 0. The van der Waals surface area contributed by atoms with Gasteiger partial charge in [-0.25, -0.2) is 8.42 Å². The third-order valence-corrected chi connectivity index (χ3v) is 6.75. The van der Waals surface area contributed by atoms with Gasteiger partial charge in [-0.15, -0.1) is 10.2 Å². The van der Waals surface area contributed by atoms with Crippen LogP contribution in [-0.2, 0) is 23.1 Å². The first-order chi connectivity index (χ1) is 13.4. The molecular formula is C18H24N6O3S. The zero-order chi connectivity index (χ0) is 19.9. The minimum atomic E-state index is -3.31. The second kappa shape index (κ2) is 7.25. The summed E-state index contributed by atoms with van der Waals surface area (Å²) in [6, 6.07) is 3.39. The van der Waals surface area contributed by atoms with E-state index in [0.29, 0.717) is 43.5 Å². The standard InChI is InChI=1S/C18H24N6O3S/c1-13-6-5-8-19-16(13)18(25)22-10-11-23-15(12-22)20-21-17(23)14-7-3-4-9-24(14)28(2,26)27/h5-6,8,14H,3-4,7,9-12H2,1-2H3. The van der Waals surface area contributed by atoms with Crippen molar-refractivity contribution < 1.29 is 13.2 Å². The molecule has 150 valence electrons. The fourth-order valence-corrected chi connectivity index (χ4v) is 5.14. The molecule has 2 aromatic rings. The molecule has 28 heavy (non-hydrogen) atoms. The molecule has 10 heteroatoms. The number of aromatic nitrogens is 4. The summed E-state index contributed by atoms with van der Waals surface area (Å²) < 4.78 is 27.9. The zero-order valence-corrected chi connectivity index (χ0v) is 16.9. The van der Waals surface area contributed by atoms with E-state index in [2.05, 4.69) is 15.2 Å². The number of piperidine rings is 1. The maximum Gasteiger partial charge on any atom is 0.273 e. The van der Waals surface area contributed by atoms with E-state index >= 15 is 0 Å². The van der Waals surface area contributed by atoms with Crippen molar-refractivity contribution in [1.82, 2.24) is 29.0 Å². The molecule has 1 amide bonds. The van der Waals surface area contributed by atoms with Crippen molar-refractivity contribution in [3.05, 3.63) is 41.2 Å². The Morgan fingerprint density at radius 1 is 1.18 bits per heavy atom. The Balaban J connectivity index is 1.58. The smallest absolute Gasteiger partial charge is 0.273 e. The Hall–Kier alpha value is -2.33. The van der Waals surface area contributed by atoms with Crippen LogP contribution in [0.3, 0.4) is 0 Å². The minimum Gasteiger partial charge on any atom is -0.328 e. The Morgan fingerprint density at radius 3 is 2.75 bits per heavy atom. The highest BCUT2D eigenvalue weighted by molar-refractivity contribution is 7.88. The highest BCUT2D eigenvalue weighted by atomic mass is 32.2. The normalized spacial score (nSPS) is 20.8. The van der Waals surface area contributed by atoms with Gasteiger partial charge in [-0.05, 0) is 31.4 Å². The lowest BCUT2D eigenvalue weighted by Crippen LogP contribution is -2.42. The van der Waals surface area contributed by atoms with Gasteiger partial charge in [0.1, 0.15) is 5.69 Å². The molecule has 2 aliphatic heterocycles. The van der Waals surface area contributed by atoms with E-state index in [9.17, 15) is 13.2 Å². The van der Waals surface area contributed by atoms with Crippen molar-refractivity contribution in [3.8, 4) is 0 Å². The van der Waals surface area contributed by atoms with E-state index in [-0.39, 0.29) is 11.9 Å². The van der Waals surface area contributed by atoms with Crippen molar-refractivity contribution >= 4 is 15.9 Å². The first-order valence-corrected chi connectivity index (χ1v) is 11.3. The molecule has 1 atom stereocenters. The third-order valence-electron chi connectivity index (χ3n) is 5.46. The van der Waals surface area contributed by atoms with Crippen molar-refractivity contribution in [2.45, 2.75) is 45.3 Å². The number of fused-ring (bicyclic) bond motifs is 1. The number of aryl methyl sites for hydroxylation is 1. The van der Waals surface area contributed by atoms with Gasteiger partial charge in [0.05, 0.1) is 18.8 Å². The van der Waals surface area contributed by atoms with E-state index in [1.807, 2.05) is 23.6 Å². The van der Waals surface area contributed by atoms with Gasteiger partial charge in [-0.1, -0.05) is 12.5 Å². The number of rotatable bonds is 3. The van der Waals surface area contributed by atoms with E-state index in [0.717, 1.165) is 24.8 Å². The van der Waals surface area contributed by atoms with Gasteiger partial charge in [-0.3, -0.25) is 9.78 Å². The van der Waals surface area contributed by atoms with Crippen LogP contribution in [0.2, 0.25) is 0 Å². The molecule has 0 spiro atoms. The van der Waals surface area contributed by atoms with Gasteiger partial charge in [0.2, 0.25) is 10.0 Å². The minimum absolute atomic E-state index is 0.121. The Labute approximate surface area is 164 Å². The van der Waals surface area contributed by atoms with Crippen LogP contribution in [0.25, 0.3) is 0 Å². The number of pyridine rings is 1. The summed E-state index contributed by atoms with van der Waals surface area (Å²) in [5.41, 5.74) is 1.29. The van der Waals surface area contributed by atoms with Crippen molar-refractivity contribution in [2.24, 2.45) is 0 Å². The molecule has 1 fully saturated rings. The van der Waals surface area contributed by atoms with Gasteiger partial charge in [-0.2, -0.15) is 4.31 Å². The molecule has 4 heterocycles. The second-order valence-electron chi connectivity index (χ2n) is 7.41. The molecule has 0 aliphatic carbocycles. The van der Waals surface area contributed by atoms with E-state index < -0.39 is 10.0 Å². The quantitative estimate of drug-likeness (QED) is 0.760. The number of hydrogen-bond acceptors (Lipinski definition) is 6. The molecule has 0 bridgehead atoms. The number of carbonyl (C=O) groups is 1. The lowest BCUT2D eigenvalue weighted by Gasteiger charge is -2.34. The summed E-state index contributed by atoms with van der Waals surface area (Å²) in [6.45, 7) is 3.78. The van der Waals surface area contributed by atoms with Crippen LogP contribution in [0.5, 0.6) is 0 Å². The number of sulfonamides is 1. The summed E-state index contributed by atoms with van der Waals surface area (Å²) in [4.78, 5) is 18.8. The molecule has 0 N–H and O–H groups in total. The zero-order valence-electron chi connectivity index (χ0n) is 16.1. The van der Waals surface area contributed by atoms with Gasteiger partial charge in [0, 0.05) is 25.8 Å². The van der Waals surface area contributed by atoms with Crippen molar-refractivity contribution in [2.75, 3.05) is 19.3 Å². The average molecular weight is 404 g/mol. The predicted molar refractivity (Wildman–Crippen MR) is 102 cm³/mol. The SMILES string of the molecule is Cc1cccnc1C(=O)N1CCn2c(nnc2C2CCCCN2S(C)(=O)=O)C1. The number of carbonyl (C=O) groups excluding carboxylic acids is 1. The van der Waals surface area contributed by atoms with Crippen molar-refractivity contribution in [3.63, 3.8) is 0 Å². The summed E-state index contributed by atoms with van der Waals surface area (Å²) in [6.07, 6.45) is 5.42. The van der Waals surface area contributed by atoms with Crippen LogP contribution in [-0.4, -0.2) is 62.6 Å². The highest BCUT2D eigenvalue weighted by Crippen LogP contribution is 2.33. The average Bonchev–Trinajstić information content (AvgIpc) is 3.10. The van der Waals surface area contributed by atoms with Crippen LogP contribution in [0.15, 0.2) is 18.3 Å². The van der Waals surface area contributed by atoms with Gasteiger partial charge in [0.25, 0.3) is 5.91 Å². The summed E-state index contributed by atoms with van der Waals surface area (Å²) in [5.74, 6) is 1.24. The molecule has 1 saturated heterocycles. The molecule has 0 aromatic carbocycles. The van der Waals surface area contributed by atoms with Gasteiger partial charge < -0.3 is 9.47 Å². The van der Waals surface area contributed by atoms with Gasteiger partial charge >= 0.3 is 0 Å². The number of nitrogens with zero attached hydrogens (tertiary/aromatic N) is 6. The van der Waals surface area contributed by atoms with Crippen LogP contribution in [0.1, 0.15) is 53.0 Å². The fraction of sp³-hybridized carbons (Fsp3) is 0.556. The first kappa shape index (κ1) is 19.0. The maximum absolute atomic E-state index is 12.8. The second-order valence-corrected chi connectivity index (χ2v) is 9.34. The third kappa shape index (κ3) is 3.42. The van der Waals surface area contributed by atoms with Crippen LogP contribution in [0, 0.1) is 6.92 Å². The fourth-order valence-electron chi connectivity index (χ4n) is 4.02. The monoisotopic (exact) mass is 404 g/mol. The van der Waals surface area contributed by atoms with Crippen LogP contribution < -0.4 is 0 Å². The van der Waals surface area contributed by atoms with Crippen molar-refractivity contribution in [1.29, 1.82) is 0 Å². The molecular weight excluding hydrogens is 380 g/mol. The lowest BCUT2D eigenvalue weighted by atomic mass is 10.0. The lowest BCUT2D eigenvalue weighted by molar-refractivity contribution is 0.0698. The Kier molecular flexibility index (Phi) is 4.92. The molecule has 9 nitrogen and oxygen atoms in total. The number of amides is 1. The molecule has 4 rings (SSSR count). The van der Waals surface area contributed by atoms with E-state index in [4.69, 9.17) is 0 Å². The van der Waals surface area contributed by atoms with Crippen LogP contribution >= 0.6 is 0 Å². The first-order valence-electron chi connectivity index (χ1n) is 9.46. The summed E-state index contributed by atoms with van der Waals surface area (Å²) >= 11 is 0. The molecule has 1 unspecified atom stereocenters. The maximum atomic E-state index is 12.8. The Morgan fingerprint density at radius 2 is 2.00 bits per heavy atom. The van der Waals surface area contributed by atoms with Gasteiger partial charge in [0.15, 0.2) is 11.6 Å². The van der Waals surface area contributed by atoms with E-state index in [1.54, 1.807) is 11.1 Å². The highest BCUT2D eigenvalue weighted by Gasteiger charge is 2.36. The van der Waals surface area contributed by atoms with Crippen LogP contribution in [0.4, 0.5) is 0 Å². The summed E-state index contributed by atoms with van der Waals surface area (Å²) in [5, 5.41) is 8.60. The predicted octanol–water partition coefficient (Wildman–Crippen LogP) is 1.12. The van der Waals surface area contributed by atoms with E-state index in [1.165, 1.54) is 10.6 Å². The Bertz CT molecular complexity index is 1000. The molecule has 0 saturated carbocycles. The summed E-state index contributed by atoms with van der Waals surface area (Å²) in [7, 11) is -3.31. The molecule has 0 radical (unpaired) electrons. The topological polar surface area (TPSA) is 101 Å². The molecule has 2 aliphatic rings. The molecule has 2 aromatic heterocycles. The largest absolute Gasteiger partial charge is 0.328 e.